The van der Waals surface area contributed by atoms with Crippen LogP contribution in [0.25, 0.3) is 0 Å². The van der Waals surface area contributed by atoms with Crippen molar-refractivity contribution >= 4 is 40.7 Å². The van der Waals surface area contributed by atoms with Crippen LogP contribution in [0, 0.1) is 0 Å². The van der Waals surface area contributed by atoms with Gasteiger partial charge in [-0.05, 0) is 42.5 Å². The zero-order valence-electron chi connectivity index (χ0n) is 14.1. The molecular formula is C18H13ClF3N3O3. The predicted octanol–water partition coefficient (Wildman–Crippen LogP) is 3.20. The van der Waals surface area contributed by atoms with Crippen LogP contribution in [0.2, 0.25) is 5.02 Å². The third-order valence-electron chi connectivity index (χ3n) is 4.17. The quantitative estimate of drug-likeness (QED) is 0.756. The Labute approximate surface area is 162 Å². The Bertz CT molecular complexity index is 961. The van der Waals surface area contributed by atoms with E-state index in [9.17, 15) is 27.6 Å². The van der Waals surface area contributed by atoms with Gasteiger partial charge in [-0.1, -0.05) is 11.6 Å². The standard InChI is InChI=1S/C18H13ClF3N3O3/c19-12-6-3-10(18(20,21)22)7-14(12)25-15(26)8-13(17(25)28)24-11-4-1-9(2-5-11)16(23)27/h1-7,13,24H,8H2,(H2,23,27)/t13-/m1/s1. The number of carbonyl (C=O) groups is 3. The molecule has 3 amide bonds. The van der Waals surface area contributed by atoms with Crippen molar-refractivity contribution in [3.63, 3.8) is 0 Å². The highest BCUT2D eigenvalue weighted by molar-refractivity contribution is 6.36. The Hall–Kier alpha value is -3.07. The largest absolute Gasteiger partial charge is 0.416 e. The number of anilines is 2. The van der Waals surface area contributed by atoms with Gasteiger partial charge in [0.05, 0.1) is 22.7 Å². The SMILES string of the molecule is NC(=O)c1ccc(N[C@@H]2CC(=O)N(c3cc(C(F)(F)F)ccc3Cl)C2=O)cc1. The van der Waals surface area contributed by atoms with Gasteiger partial charge in [0.1, 0.15) is 6.04 Å². The van der Waals surface area contributed by atoms with Gasteiger partial charge >= 0.3 is 6.18 Å². The van der Waals surface area contributed by atoms with Gasteiger partial charge in [0.2, 0.25) is 11.8 Å². The third-order valence-corrected chi connectivity index (χ3v) is 4.49. The maximum atomic E-state index is 13.0. The van der Waals surface area contributed by atoms with Crippen molar-refractivity contribution in [3.8, 4) is 0 Å². The van der Waals surface area contributed by atoms with Gasteiger partial charge in [0.15, 0.2) is 0 Å². The summed E-state index contributed by atoms with van der Waals surface area (Å²) in [6.45, 7) is 0. The molecule has 2 aromatic carbocycles. The van der Waals surface area contributed by atoms with Crippen LogP contribution >= 0.6 is 11.6 Å². The van der Waals surface area contributed by atoms with Crippen molar-refractivity contribution in [1.82, 2.24) is 0 Å². The fraction of sp³-hybridized carbons (Fsp3) is 0.167. The van der Waals surface area contributed by atoms with E-state index in [0.29, 0.717) is 16.7 Å². The normalized spacial score (nSPS) is 17.1. The van der Waals surface area contributed by atoms with Gasteiger partial charge in [-0.2, -0.15) is 13.2 Å². The Kier molecular flexibility index (Phi) is 5.03. The number of hydrogen-bond acceptors (Lipinski definition) is 4. The lowest BCUT2D eigenvalue weighted by molar-refractivity contribution is -0.137. The molecule has 1 aliphatic heterocycles. The summed E-state index contributed by atoms with van der Waals surface area (Å²) in [4.78, 5) is 36.7. The van der Waals surface area contributed by atoms with Crippen LogP contribution in [0.5, 0.6) is 0 Å². The minimum atomic E-state index is -4.65. The maximum Gasteiger partial charge on any atom is 0.416 e. The number of carbonyl (C=O) groups excluding carboxylic acids is 3. The summed E-state index contributed by atoms with van der Waals surface area (Å²) in [7, 11) is 0. The molecule has 3 N–H and O–H groups in total. The molecule has 146 valence electrons. The summed E-state index contributed by atoms with van der Waals surface area (Å²) in [6, 6.07) is 7.31. The minimum absolute atomic E-state index is 0.152. The molecule has 3 rings (SSSR count). The first-order valence-electron chi connectivity index (χ1n) is 7.98. The van der Waals surface area contributed by atoms with E-state index in [1.54, 1.807) is 0 Å². The zero-order chi connectivity index (χ0) is 20.6. The van der Waals surface area contributed by atoms with Crippen LogP contribution in [0.3, 0.4) is 0 Å². The van der Waals surface area contributed by atoms with Crippen molar-refractivity contribution in [2.45, 2.75) is 18.6 Å². The lowest BCUT2D eigenvalue weighted by atomic mass is 10.1. The van der Waals surface area contributed by atoms with Gasteiger partial charge in [-0.25, -0.2) is 4.90 Å². The fourth-order valence-corrected chi connectivity index (χ4v) is 2.99. The highest BCUT2D eigenvalue weighted by Gasteiger charge is 2.41. The topological polar surface area (TPSA) is 92.5 Å². The average Bonchev–Trinajstić information content (AvgIpc) is 2.88. The van der Waals surface area contributed by atoms with E-state index in [4.69, 9.17) is 17.3 Å². The molecule has 0 unspecified atom stereocenters. The van der Waals surface area contributed by atoms with Gasteiger partial charge in [-0.15, -0.1) is 0 Å². The van der Waals surface area contributed by atoms with E-state index >= 15 is 0 Å². The van der Waals surface area contributed by atoms with Crippen LogP contribution < -0.4 is 16.0 Å². The monoisotopic (exact) mass is 411 g/mol. The minimum Gasteiger partial charge on any atom is -0.373 e. The smallest absolute Gasteiger partial charge is 0.373 e. The molecule has 2 aromatic rings. The van der Waals surface area contributed by atoms with Crippen LogP contribution in [0.15, 0.2) is 42.5 Å². The number of primary amides is 1. The lowest BCUT2D eigenvalue weighted by Crippen LogP contribution is -2.35. The number of nitrogens with two attached hydrogens (primary N) is 1. The summed E-state index contributed by atoms with van der Waals surface area (Å²) < 4.78 is 38.9. The first-order chi connectivity index (χ1) is 13.1. The van der Waals surface area contributed by atoms with E-state index in [2.05, 4.69) is 5.32 Å². The number of amides is 3. The molecule has 0 saturated carbocycles. The first kappa shape index (κ1) is 19.7. The molecule has 28 heavy (non-hydrogen) atoms. The molecule has 0 spiro atoms. The number of rotatable bonds is 4. The Morgan fingerprint density at radius 3 is 2.36 bits per heavy atom. The summed E-state index contributed by atoms with van der Waals surface area (Å²) in [6.07, 6.45) is -4.91. The molecule has 1 saturated heterocycles. The first-order valence-corrected chi connectivity index (χ1v) is 8.35. The highest BCUT2D eigenvalue weighted by Crippen LogP contribution is 2.37. The van der Waals surface area contributed by atoms with E-state index in [1.165, 1.54) is 24.3 Å². The molecule has 0 bridgehead atoms. The Balaban J connectivity index is 1.85. The van der Waals surface area contributed by atoms with Crippen LogP contribution in [0.4, 0.5) is 24.5 Å². The summed E-state index contributed by atoms with van der Waals surface area (Å²) in [5.41, 5.74) is 4.51. The number of nitrogens with zero attached hydrogens (tertiary/aromatic N) is 1. The summed E-state index contributed by atoms with van der Waals surface area (Å²) in [5.74, 6) is -2.04. The highest BCUT2D eigenvalue weighted by atomic mass is 35.5. The van der Waals surface area contributed by atoms with E-state index in [-0.39, 0.29) is 22.7 Å². The number of alkyl halides is 3. The molecule has 1 heterocycles. The second kappa shape index (κ2) is 7.16. The van der Waals surface area contributed by atoms with Gasteiger partial charge in [0, 0.05) is 11.3 Å². The van der Waals surface area contributed by atoms with Crippen molar-refractivity contribution in [2.75, 3.05) is 10.2 Å². The molecule has 1 aliphatic rings. The second-order valence-corrected chi connectivity index (χ2v) is 6.48. The predicted molar refractivity (Wildman–Crippen MR) is 95.9 cm³/mol. The maximum absolute atomic E-state index is 13.0. The molecule has 6 nitrogen and oxygen atoms in total. The molecule has 10 heteroatoms. The lowest BCUT2D eigenvalue weighted by Gasteiger charge is -2.19. The van der Waals surface area contributed by atoms with Crippen molar-refractivity contribution in [3.05, 3.63) is 58.6 Å². The molecule has 0 radical (unpaired) electrons. The third kappa shape index (κ3) is 3.79. The van der Waals surface area contributed by atoms with Crippen molar-refractivity contribution < 1.29 is 27.6 Å². The van der Waals surface area contributed by atoms with Gasteiger partial charge in [-0.3, -0.25) is 14.4 Å². The number of imide groups is 1. The number of hydrogen-bond donors (Lipinski definition) is 2. The van der Waals surface area contributed by atoms with Crippen molar-refractivity contribution in [2.24, 2.45) is 5.73 Å². The second-order valence-electron chi connectivity index (χ2n) is 6.07. The van der Waals surface area contributed by atoms with E-state index < -0.39 is 35.5 Å². The number of benzene rings is 2. The number of halogens is 4. The van der Waals surface area contributed by atoms with Crippen LogP contribution in [-0.2, 0) is 15.8 Å². The van der Waals surface area contributed by atoms with E-state index in [0.717, 1.165) is 12.1 Å². The van der Waals surface area contributed by atoms with Gasteiger partial charge in [0.25, 0.3) is 5.91 Å². The van der Waals surface area contributed by atoms with Crippen LogP contribution in [-0.4, -0.2) is 23.8 Å². The molecule has 0 aromatic heterocycles. The average molecular weight is 412 g/mol. The van der Waals surface area contributed by atoms with Crippen LogP contribution in [0.1, 0.15) is 22.3 Å². The Morgan fingerprint density at radius 1 is 1.14 bits per heavy atom. The molecule has 0 aliphatic carbocycles. The summed E-state index contributed by atoms with van der Waals surface area (Å²) in [5, 5.41) is 2.67. The molecule has 1 atom stereocenters. The Morgan fingerprint density at radius 2 is 1.79 bits per heavy atom. The molecule has 1 fully saturated rings. The summed E-state index contributed by atoms with van der Waals surface area (Å²) >= 11 is 5.93. The van der Waals surface area contributed by atoms with E-state index in [1.807, 2.05) is 0 Å². The number of nitrogens with one attached hydrogen (secondary N) is 1. The van der Waals surface area contributed by atoms with Crippen molar-refractivity contribution in [1.29, 1.82) is 0 Å². The fourth-order valence-electron chi connectivity index (χ4n) is 2.79. The van der Waals surface area contributed by atoms with Gasteiger partial charge < -0.3 is 11.1 Å². The zero-order valence-corrected chi connectivity index (χ0v) is 14.8. The molecular weight excluding hydrogens is 399 g/mol.